The SMILES string of the molecule is CCNC(=O)c1cc(OC(C)=O)cc(OC(C)=O)c1. The Kier molecular flexibility index (Phi) is 5.05. The molecule has 0 unspecified atom stereocenters. The standard InChI is InChI=1S/C13H15NO5/c1-4-14-13(17)10-5-11(18-8(2)15)7-12(6-10)19-9(3)16/h5-7H,4H2,1-3H3,(H,14,17). The first-order valence-corrected chi connectivity index (χ1v) is 5.72. The first-order valence-electron chi connectivity index (χ1n) is 5.72. The number of carbonyl (C=O) groups is 3. The molecule has 0 saturated carbocycles. The minimum atomic E-state index is -0.526. The normalized spacial score (nSPS) is 9.63. The van der Waals surface area contributed by atoms with Gasteiger partial charge >= 0.3 is 11.9 Å². The minimum absolute atomic E-state index is 0.146. The van der Waals surface area contributed by atoms with Gasteiger partial charge in [-0.05, 0) is 19.1 Å². The molecule has 0 aliphatic carbocycles. The van der Waals surface area contributed by atoms with Crippen molar-refractivity contribution in [2.24, 2.45) is 0 Å². The Morgan fingerprint density at radius 3 is 1.84 bits per heavy atom. The summed E-state index contributed by atoms with van der Waals surface area (Å²) in [5, 5.41) is 2.60. The van der Waals surface area contributed by atoms with E-state index in [9.17, 15) is 14.4 Å². The summed E-state index contributed by atoms with van der Waals surface area (Å²) in [6.45, 7) is 4.72. The van der Waals surface area contributed by atoms with Crippen molar-refractivity contribution in [1.29, 1.82) is 0 Å². The zero-order valence-corrected chi connectivity index (χ0v) is 11.0. The average Bonchev–Trinajstić information content (AvgIpc) is 2.26. The lowest BCUT2D eigenvalue weighted by atomic mass is 10.2. The number of amides is 1. The van der Waals surface area contributed by atoms with Gasteiger partial charge in [0.25, 0.3) is 5.91 Å². The van der Waals surface area contributed by atoms with Crippen LogP contribution in [-0.4, -0.2) is 24.4 Å². The number of carbonyl (C=O) groups excluding carboxylic acids is 3. The van der Waals surface area contributed by atoms with Crippen molar-refractivity contribution >= 4 is 17.8 Å². The van der Waals surface area contributed by atoms with Crippen LogP contribution in [0.15, 0.2) is 18.2 Å². The fourth-order valence-electron chi connectivity index (χ4n) is 1.42. The van der Waals surface area contributed by atoms with Gasteiger partial charge in [-0.25, -0.2) is 0 Å². The monoisotopic (exact) mass is 265 g/mol. The molecule has 0 aromatic heterocycles. The van der Waals surface area contributed by atoms with E-state index in [0.717, 1.165) is 0 Å². The van der Waals surface area contributed by atoms with E-state index in [1.165, 1.54) is 32.0 Å². The van der Waals surface area contributed by atoms with Crippen LogP contribution in [0.3, 0.4) is 0 Å². The second-order valence-electron chi connectivity index (χ2n) is 3.74. The molecule has 102 valence electrons. The zero-order valence-electron chi connectivity index (χ0n) is 11.0. The molecule has 1 aromatic rings. The van der Waals surface area contributed by atoms with Gasteiger partial charge in [0, 0.05) is 32.0 Å². The van der Waals surface area contributed by atoms with Crippen LogP contribution in [0.2, 0.25) is 0 Å². The molecule has 1 amide bonds. The van der Waals surface area contributed by atoms with E-state index in [4.69, 9.17) is 9.47 Å². The highest BCUT2D eigenvalue weighted by molar-refractivity contribution is 5.95. The Morgan fingerprint density at radius 2 is 1.47 bits per heavy atom. The van der Waals surface area contributed by atoms with Gasteiger partial charge in [-0.2, -0.15) is 0 Å². The third kappa shape index (κ3) is 4.79. The van der Waals surface area contributed by atoms with Crippen LogP contribution in [-0.2, 0) is 9.59 Å². The lowest BCUT2D eigenvalue weighted by Gasteiger charge is -2.09. The number of hydrogen-bond donors (Lipinski definition) is 1. The van der Waals surface area contributed by atoms with Crippen molar-refractivity contribution in [3.8, 4) is 11.5 Å². The molecule has 6 nitrogen and oxygen atoms in total. The fourth-order valence-corrected chi connectivity index (χ4v) is 1.42. The Bertz CT molecular complexity index is 476. The van der Waals surface area contributed by atoms with Crippen LogP contribution in [0.5, 0.6) is 11.5 Å². The van der Waals surface area contributed by atoms with Crippen LogP contribution in [0.25, 0.3) is 0 Å². The van der Waals surface area contributed by atoms with Crippen molar-refractivity contribution < 1.29 is 23.9 Å². The van der Waals surface area contributed by atoms with E-state index in [1.807, 2.05) is 0 Å². The summed E-state index contributed by atoms with van der Waals surface area (Å²) in [5.74, 6) is -1.10. The first kappa shape index (κ1) is 14.7. The molecule has 0 heterocycles. The molecule has 1 aromatic carbocycles. The number of esters is 2. The maximum atomic E-state index is 11.7. The van der Waals surface area contributed by atoms with Crippen molar-refractivity contribution in [3.05, 3.63) is 23.8 Å². The molecule has 6 heteroatoms. The van der Waals surface area contributed by atoms with E-state index in [0.29, 0.717) is 6.54 Å². The number of hydrogen-bond acceptors (Lipinski definition) is 5. The van der Waals surface area contributed by atoms with Crippen LogP contribution in [0.1, 0.15) is 31.1 Å². The summed E-state index contributed by atoms with van der Waals surface area (Å²) < 4.78 is 9.79. The highest BCUT2D eigenvalue weighted by atomic mass is 16.5. The lowest BCUT2D eigenvalue weighted by Crippen LogP contribution is -2.22. The van der Waals surface area contributed by atoms with Crippen LogP contribution < -0.4 is 14.8 Å². The predicted molar refractivity (Wildman–Crippen MR) is 67.1 cm³/mol. The Balaban J connectivity index is 3.11. The van der Waals surface area contributed by atoms with E-state index in [1.54, 1.807) is 6.92 Å². The number of nitrogens with one attached hydrogen (secondary N) is 1. The lowest BCUT2D eigenvalue weighted by molar-refractivity contribution is -0.132. The smallest absolute Gasteiger partial charge is 0.308 e. The fraction of sp³-hybridized carbons (Fsp3) is 0.308. The summed E-state index contributed by atoms with van der Waals surface area (Å²) >= 11 is 0. The van der Waals surface area contributed by atoms with E-state index in [-0.39, 0.29) is 23.0 Å². The Hall–Kier alpha value is -2.37. The molecule has 0 fully saturated rings. The van der Waals surface area contributed by atoms with E-state index in [2.05, 4.69) is 5.32 Å². The second-order valence-corrected chi connectivity index (χ2v) is 3.74. The Labute approximate surface area is 110 Å². The zero-order chi connectivity index (χ0) is 14.4. The van der Waals surface area contributed by atoms with Gasteiger partial charge in [0.05, 0.1) is 0 Å². The molecule has 0 aliphatic heterocycles. The highest BCUT2D eigenvalue weighted by Gasteiger charge is 2.11. The van der Waals surface area contributed by atoms with Gasteiger partial charge in [-0.15, -0.1) is 0 Å². The molecule has 0 radical (unpaired) electrons. The number of rotatable bonds is 4. The molecular weight excluding hydrogens is 250 g/mol. The summed E-state index contributed by atoms with van der Waals surface area (Å²) in [6.07, 6.45) is 0. The number of benzene rings is 1. The second kappa shape index (κ2) is 6.53. The van der Waals surface area contributed by atoms with Crippen molar-refractivity contribution in [2.45, 2.75) is 20.8 Å². The molecule has 0 spiro atoms. The quantitative estimate of drug-likeness (QED) is 0.655. The summed E-state index contributed by atoms with van der Waals surface area (Å²) in [5.41, 5.74) is 0.247. The highest BCUT2D eigenvalue weighted by Crippen LogP contribution is 2.23. The molecule has 0 atom stereocenters. The van der Waals surface area contributed by atoms with Crippen LogP contribution >= 0.6 is 0 Å². The van der Waals surface area contributed by atoms with Crippen molar-refractivity contribution in [3.63, 3.8) is 0 Å². The average molecular weight is 265 g/mol. The summed E-state index contributed by atoms with van der Waals surface area (Å²) in [4.78, 5) is 33.6. The first-order chi connectivity index (χ1) is 8.92. The van der Waals surface area contributed by atoms with Gasteiger partial charge in [0.15, 0.2) is 0 Å². The molecule has 19 heavy (non-hydrogen) atoms. The number of ether oxygens (including phenoxy) is 2. The van der Waals surface area contributed by atoms with E-state index < -0.39 is 11.9 Å². The third-order valence-electron chi connectivity index (χ3n) is 2.00. The topological polar surface area (TPSA) is 81.7 Å². The van der Waals surface area contributed by atoms with Gasteiger partial charge < -0.3 is 14.8 Å². The molecule has 0 saturated heterocycles. The van der Waals surface area contributed by atoms with Gasteiger partial charge in [0.2, 0.25) is 0 Å². The minimum Gasteiger partial charge on any atom is -0.427 e. The summed E-state index contributed by atoms with van der Waals surface area (Å²) in [6, 6.07) is 4.17. The maximum absolute atomic E-state index is 11.7. The Morgan fingerprint density at radius 1 is 1.00 bits per heavy atom. The van der Waals surface area contributed by atoms with Crippen LogP contribution in [0.4, 0.5) is 0 Å². The van der Waals surface area contributed by atoms with Gasteiger partial charge in [-0.3, -0.25) is 14.4 Å². The van der Waals surface area contributed by atoms with Crippen molar-refractivity contribution in [1.82, 2.24) is 5.32 Å². The molecule has 0 bridgehead atoms. The largest absolute Gasteiger partial charge is 0.427 e. The predicted octanol–water partition coefficient (Wildman–Crippen LogP) is 1.29. The third-order valence-corrected chi connectivity index (χ3v) is 2.00. The summed E-state index contributed by atoms with van der Waals surface area (Å²) in [7, 11) is 0. The molecular formula is C13H15NO5. The van der Waals surface area contributed by atoms with Gasteiger partial charge in [0.1, 0.15) is 11.5 Å². The maximum Gasteiger partial charge on any atom is 0.308 e. The molecule has 0 aliphatic rings. The van der Waals surface area contributed by atoms with Gasteiger partial charge in [-0.1, -0.05) is 0 Å². The van der Waals surface area contributed by atoms with E-state index >= 15 is 0 Å². The van der Waals surface area contributed by atoms with Crippen molar-refractivity contribution in [2.75, 3.05) is 6.54 Å². The van der Waals surface area contributed by atoms with Crippen LogP contribution in [0, 0.1) is 0 Å². The molecule has 1 rings (SSSR count). The molecule has 1 N–H and O–H groups in total.